The number of H-pyrrole nitrogens is 1. The molecule has 4 heteroatoms. The number of aryl methyl sites for hydroxylation is 1. The molecule has 0 saturated heterocycles. The summed E-state index contributed by atoms with van der Waals surface area (Å²) in [5, 5.41) is 0. The maximum atomic E-state index is 10.7. The van der Waals surface area contributed by atoms with Crippen molar-refractivity contribution in [3.05, 3.63) is 31.4 Å². The molecule has 0 amide bonds. The van der Waals surface area contributed by atoms with Gasteiger partial charge in [-0.1, -0.05) is 6.58 Å². The van der Waals surface area contributed by atoms with Crippen molar-refractivity contribution in [1.29, 1.82) is 0 Å². The average molecular weight is 223 g/mol. The summed E-state index contributed by atoms with van der Waals surface area (Å²) in [6, 6.07) is 0. The monoisotopic (exact) mass is 223 g/mol. The van der Waals surface area contributed by atoms with Crippen molar-refractivity contribution in [1.82, 2.24) is 4.98 Å². The van der Waals surface area contributed by atoms with Crippen LogP contribution in [0.25, 0.3) is 0 Å². The number of rotatable bonds is 8. The third-order valence-electron chi connectivity index (χ3n) is 2.32. The van der Waals surface area contributed by atoms with Crippen LogP contribution >= 0.6 is 0 Å². The predicted molar refractivity (Wildman–Crippen MR) is 60.6 cm³/mol. The van der Waals surface area contributed by atoms with E-state index in [0.717, 1.165) is 32.2 Å². The number of aromatic nitrogens is 2. The highest BCUT2D eigenvalue weighted by Gasteiger charge is 1.97. The Morgan fingerprint density at radius 1 is 1.38 bits per heavy atom. The van der Waals surface area contributed by atoms with Crippen molar-refractivity contribution in [3.8, 4) is 0 Å². The van der Waals surface area contributed by atoms with Crippen LogP contribution in [0.3, 0.4) is 0 Å². The fraction of sp³-hybridized carbons (Fsp3) is 0.500. The fourth-order valence-corrected chi connectivity index (χ4v) is 1.44. The maximum absolute atomic E-state index is 10.7. The summed E-state index contributed by atoms with van der Waals surface area (Å²) in [5.74, 6) is -0.331. The van der Waals surface area contributed by atoms with Crippen LogP contribution in [0.1, 0.15) is 25.7 Å². The molecule has 0 aliphatic carbocycles. The van der Waals surface area contributed by atoms with E-state index in [2.05, 4.69) is 16.1 Å². The van der Waals surface area contributed by atoms with E-state index in [1.54, 1.807) is 0 Å². The van der Waals surface area contributed by atoms with Gasteiger partial charge in [-0.05, 0) is 25.7 Å². The smallest absolute Gasteiger partial charge is 0.330 e. The van der Waals surface area contributed by atoms with E-state index < -0.39 is 0 Å². The second-order valence-electron chi connectivity index (χ2n) is 3.64. The second-order valence-corrected chi connectivity index (χ2v) is 3.64. The van der Waals surface area contributed by atoms with Gasteiger partial charge in [0.05, 0.1) is 13.2 Å². The molecular weight excluding hydrogens is 204 g/mol. The predicted octanol–water partition coefficient (Wildman–Crippen LogP) is 1.59. The number of imidazole rings is 1. The van der Waals surface area contributed by atoms with E-state index in [9.17, 15) is 4.79 Å². The molecular formula is C12H19N2O2+. The van der Waals surface area contributed by atoms with Gasteiger partial charge < -0.3 is 4.74 Å². The standard InChI is InChI=1S/C12H18N2O2/c1-2-12(15)16-10-6-4-3-5-8-14-9-7-13-11-14/h2,7,9,11H,1,3-6,8,10H2/p+1. The minimum absolute atomic E-state index is 0.331. The summed E-state index contributed by atoms with van der Waals surface area (Å²) < 4.78 is 7.00. The Labute approximate surface area is 95.9 Å². The van der Waals surface area contributed by atoms with Gasteiger partial charge in [0.25, 0.3) is 0 Å². The molecule has 1 N–H and O–H groups in total. The molecule has 0 aliphatic heterocycles. The first-order valence-electron chi connectivity index (χ1n) is 5.64. The fourth-order valence-electron chi connectivity index (χ4n) is 1.44. The molecule has 0 spiro atoms. The molecule has 0 saturated carbocycles. The van der Waals surface area contributed by atoms with E-state index in [1.165, 1.54) is 6.08 Å². The zero-order valence-corrected chi connectivity index (χ0v) is 9.52. The summed E-state index contributed by atoms with van der Waals surface area (Å²) in [4.78, 5) is 13.7. The van der Waals surface area contributed by atoms with Crippen molar-refractivity contribution < 1.29 is 14.1 Å². The van der Waals surface area contributed by atoms with Crippen LogP contribution in [0.15, 0.2) is 31.4 Å². The molecule has 0 aromatic carbocycles. The lowest BCUT2D eigenvalue weighted by Crippen LogP contribution is -2.30. The zero-order chi connectivity index (χ0) is 11.6. The van der Waals surface area contributed by atoms with E-state index >= 15 is 0 Å². The van der Waals surface area contributed by atoms with Gasteiger partial charge >= 0.3 is 5.97 Å². The van der Waals surface area contributed by atoms with Crippen LogP contribution in [-0.2, 0) is 16.1 Å². The summed E-state index contributed by atoms with van der Waals surface area (Å²) in [6.45, 7) is 4.88. The minimum atomic E-state index is -0.331. The van der Waals surface area contributed by atoms with E-state index in [0.29, 0.717) is 6.61 Å². The largest absolute Gasteiger partial charge is 0.463 e. The Balaban J connectivity index is 1.89. The number of nitrogens with one attached hydrogen (secondary N) is 1. The Morgan fingerprint density at radius 2 is 2.19 bits per heavy atom. The lowest BCUT2D eigenvalue weighted by atomic mass is 10.2. The average Bonchev–Trinajstić information content (AvgIpc) is 2.80. The number of unbranched alkanes of at least 4 members (excludes halogenated alkanes) is 3. The number of carbonyl (C=O) groups is 1. The summed E-state index contributed by atoms with van der Waals surface area (Å²) in [5.41, 5.74) is 0. The van der Waals surface area contributed by atoms with E-state index in [1.807, 2.05) is 18.7 Å². The maximum Gasteiger partial charge on any atom is 0.330 e. The van der Waals surface area contributed by atoms with Crippen molar-refractivity contribution in [3.63, 3.8) is 0 Å². The number of esters is 1. The van der Waals surface area contributed by atoms with Crippen LogP contribution in [0.4, 0.5) is 0 Å². The first-order chi connectivity index (χ1) is 7.83. The van der Waals surface area contributed by atoms with Crippen LogP contribution in [0, 0.1) is 0 Å². The molecule has 0 aliphatic rings. The van der Waals surface area contributed by atoms with Crippen LogP contribution in [-0.4, -0.2) is 17.6 Å². The van der Waals surface area contributed by atoms with Gasteiger partial charge in [0.1, 0.15) is 12.4 Å². The van der Waals surface area contributed by atoms with Gasteiger partial charge in [-0.25, -0.2) is 9.36 Å². The van der Waals surface area contributed by atoms with Gasteiger partial charge in [-0.15, -0.1) is 0 Å². The Morgan fingerprint density at radius 3 is 2.88 bits per heavy atom. The number of hydrogen-bond acceptors (Lipinski definition) is 2. The van der Waals surface area contributed by atoms with Crippen molar-refractivity contribution >= 4 is 5.97 Å². The molecule has 1 heterocycles. The lowest BCUT2D eigenvalue weighted by Gasteiger charge is -2.01. The Kier molecular flexibility index (Phi) is 5.99. The summed E-state index contributed by atoms with van der Waals surface area (Å²) in [6.07, 6.45) is 11.4. The lowest BCUT2D eigenvalue weighted by molar-refractivity contribution is -0.696. The first-order valence-corrected chi connectivity index (χ1v) is 5.64. The molecule has 1 aromatic heterocycles. The number of carbonyl (C=O) groups excluding carboxylic acids is 1. The zero-order valence-electron chi connectivity index (χ0n) is 9.52. The van der Waals surface area contributed by atoms with E-state index in [-0.39, 0.29) is 5.97 Å². The van der Waals surface area contributed by atoms with Gasteiger partial charge in [0.2, 0.25) is 6.33 Å². The number of aromatic amines is 1. The summed E-state index contributed by atoms with van der Waals surface area (Å²) >= 11 is 0. The molecule has 0 atom stereocenters. The van der Waals surface area contributed by atoms with Crippen molar-refractivity contribution in [2.75, 3.05) is 6.61 Å². The van der Waals surface area contributed by atoms with Gasteiger partial charge in [0.15, 0.2) is 0 Å². The quantitative estimate of drug-likeness (QED) is 0.315. The molecule has 1 aromatic rings. The SMILES string of the molecule is C=CC(=O)OCCCCCC[n+]1cc[nH]c1. The highest BCUT2D eigenvalue weighted by molar-refractivity contribution is 5.81. The van der Waals surface area contributed by atoms with Gasteiger partial charge in [-0.2, -0.15) is 0 Å². The highest BCUT2D eigenvalue weighted by atomic mass is 16.5. The molecule has 4 nitrogen and oxygen atoms in total. The number of ether oxygens (including phenoxy) is 1. The molecule has 16 heavy (non-hydrogen) atoms. The normalized spacial score (nSPS) is 10.0. The van der Waals surface area contributed by atoms with Gasteiger partial charge in [-0.3, -0.25) is 4.98 Å². The van der Waals surface area contributed by atoms with Crippen LogP contribution in [0.5, 0.6) is 0 Å². The molecule has 88 valence electrons. The third-order valence-corrected chi connectivity index (χ3v) is 2.32. The first kappa shape index (κ1) is 12.5. The molecule has 0 unspecified atom stereocenters. The van der Waals surface area contributed by atoms with Crippen molar-refractivity contribution in [2.45, 2.75) is 32.2 Å². The molecule has 0 bridgehead atoms. The second kappa shape index (κ2) is 7.68. The third kappa shape index (κ3) is 5.34. The Bertz CT molecular complexity index is 307. The van der Waals surface area contributed by atoms with Gasteiger partial charge in [0, 0.05) is 6.08 Å². The van der Waals surface area contributed by atoms with Crippen LogP contribution < -0.4 is 4.57 Å². The number of nitrogens with zero attached hydrogens (tertiary/aromatic N) is 1. The van der Waals surface area contributed by atoms with E-state index in [4.69, 9.17) is 4.74 Å². The molecule has 0 fully saturated rings. The highest BCUT2D eigenvalue weighted by Crippen LogP contribution is 2.00. The molecule has 1 rings (SSSR count). The topological polar surface area (TPSA) is 46.0 Å². The van der Waals surface area contributed by atoms with Crippen molar-refractivity contribution in [2.24, 2.45) is 0 Å². The minimum Gasteiger partial charge on any atom is -0.463 e. The van der Waals surface area contributed by atoms with Crippen LogP contribution in [0.2, 0.25) is 0 Å². The summed E-state index contributed by atoms with van der Waals surface area (Å²) in [7, 11) is 0. The molecule has 0 radical (unpaired) electrons. The Hall–Kier alpha value is -1.58. The number of hydrogen-bond donors (Lipinski definition) is 1.